The molecule has 0 amide bonds. The SMILES string of the molecule is CCCCCCC(CCOC)c1ccccc1. The molecule has 0 N–H and O–H groups in total. The maximum Gasteiger partial charge on any atom is 0.0468 e. The van der Waals surface area contributed by atoms with Crippen molar-refractivity contribution in [3.8, 4) is 0 Å². The van der Waals surface area contributed by atoms with Crippen molar-refractivity contribution < 1.29 is 4.74 Å². The first-order chi connectivity index (χ1) is 8.38. The summed E-state index contributed by atoms with van der Waals surface area (Å²) in [5.74, 6) is 0.674. The Bertz CT molecular complexity index is 268. The Morgan fingerprint density at radius 3 is 2.41 bits per heavy atom. The highest BCUT2D eigenvalue weighted by Gasteiger charge is 2.10. The molecular weight excluding hydrogens is 208 g/mol. The van der Waals surface area contributed by atoms with E-state index in [0.717, 1.165) is 13.0 Å². The number of hydrogen-bond acceptors (Lipinski definition) is 1. The van der Waals surface area contributed by atoms with Gasteiger partial charge in [0.2, 0.25) is 0 Å². The third-order valence-corrected chi connectivity index (χ3v) is 3.35. The first-order valence-electron chi connectivity index (χ1n) is 6.92. The van der Waals surface area contributed by atoms with E-state index in [9.17, 15) is 0 Å². The highest BCUT2D eigenvalue weighted by molar-refractivity contribution is 5.19. The van der Waals surface area contributed by atoms with Crippen LogP contribution in [-0.2, 0) is 4.74 Å². The van der Waals surface area contributed by atoms with Crippen LogP contribution in [0.25, 0.3) is 0 Å². The van der Waals surface area contributed by atoms with Crippen molar-refractivity contribution in [1.29, 1.82) is 0 Å². The molecule has 0 aliphatic rings. The minimum Gasteiger partial charge on any atom is -0.385 e. The zero-order valence-corrected chi connectivity index (χ0v) is 11.3. The normalized spacial score (nSPS) is 12.6. The lowest BCUT2D eigenvalue weighted by Gasteiger charge is -2.16. The molecule has 1 nitrogen and oxygen atoms in total. The van der Waals surface area contributed by atoms with E-state index in [1.54, 1.807) is 7.11 Å². The van der Waals surface area contributed by atoms with E-state index in [2.05, 4.69) is 37.3 Å². The van der Waals surface area contributed by atoms with Gasteiger partial charge in [0.1, 0.15) is 0 Å². The number of ether oxygens (including phenoxy) is 1. The lowest BCUT2D eigenvalue weighted by atomic mass is 9.90. The topological polar surface area (TPSA) is 9.23 Å². The number of benzene rings is 1. The maximum atomic E-state index is 5.22. The predicted octanol–water partition coefficient (Wildman–Crippen LogP) is 4.78. The van der Waals surface area contributed by atoms with Gasteiger partial charge in [-0.25, -0.2) is 0 Å². The van der Waals surface area contributed by atoms with Crippen molar-refractivity contribution in [3.05, 3.63) is 35.9 Å². The van der Waals surface area contributed by atoms with Crippen molar-refractivity contribution in [2.24, 2.45) is 0 Å². The smallest absolute Gasteiger partial charge is 0.0468 e. The van der Waals surface area contributed by atoms with Gasteiger partial charge in [-0.15, -0.1) is 0 Å². The molecule has 0 bridgehead atoms. The molecular formula is C16H26O. The number of unbranched alkanes of at least 4 members (excludes halogenated alkanes) is 3. The number of methoxy groups -OCH3 is 1. The Morgan fingerprint density at radius 1 is 1.00 bits per heavy atom. The summed E-state index contributed by atoms with van der Waals surface area (Å²) in [6.07, 6.45) is 7.84. The highest BCUT2D eigenvalue weighted by atomic mass is 16.5. The highest BCUT2D eigenvalue weighted by Crippen LogP contribution is 2.25. The van der Waals surface area contributed by atoms with Gasteiger partial charge in [0.25, 0.3) is 0 Å². The minimum absolute atomic E-state index is 0.674. The van der Waals surface area contributed by atoms with E-state index < -0.39 is 0 Å². The molecule has 1 aromatic rings. The van der Waals surface area contributed by atoms with Crippen LogP contribution in [-0.4, -0.2) is 13.7 Å². The average molecular weight is 234 g/mol. The van der Waals surface area contributed by atoms with Crippen LogP contribution >= 0.6 is 0 Å². The second-order valence-corrected chi connectivity index (χ2v) is 4.74. The third kappa shape index (κ3) is 5.88. The maximum absolute atomic E-state index is 5.22. The van der Waals surface area contributed by atoms with Crippen LogP contribution in [0.15, 0.2) is 30.3 Å². The van der Waals surface area contributed by atoms with Crippen molar-refractivity contribution in [1.82, 2.24) is 0 Å². The Labute approximate surface area is 106 Å². The summed E-state index contributed by atoms with van der Waals surface area (Å²) in [5, 5.41) is 0. The Balaban J connectivity index is 2.43. The van der Waals surface area contributed by atoms with E-state index in [1.807, 2.05) is 0 Å². The van der Waals surface area contributed by atoms with E-state index in [-0.39, 0.29) is 0 Å². The monoisotopic (exact) mass is 234 g/mol. The molecule has 1 rings (SSSR count). The number of hydrogen-bond donors (Lipinski definition) is 0. The molecule has 0 fully saturated rings. The predicted molar refractivity (Wildman–Crippen MR) is 74.4 cm³/mol. The lowest BCUT2D eigenvalue weighted by Crippen LogP contribution is -2.03. The van der Waals surface area contributed by atoms with Gasteiger partial charge in [-0.2, -0.15) is 0 Å². The first kappa shape index (κ1) is 14.2. The molecule has 0 heterocycles. The summed E-state index contributed by atoms with van der Waals surface area (Å²) in [7, 11) is 1.79. The summed E-state index contributed by atoms with van der Waals surface area (Å²) in [5.41, 5.74) is 1.47. The van der Waals surface area contributed by atoms with E-state index in [1.165, 1.54) is 37.7 Å². The van der Waals surface area contributed by atoms with Gasteiger partial charge >= 0.3 is 0 Å². The summed E-state index contributed by atoms with van der Waals surface area (Å²) in [6.45, 7) is 3.13. The zero-order valence-electron chi connectivity index (χ0n) is 11.3. The van der Waals surface area contributed by atoms with Crippen LogP contribution in [0.2, 0.25) is 0 Å². The first-order valence-corrected chi connectivity index (χ1v) is 6.92. The molecule has 96 valence electrons. The molecule has 0 aromatic heterocycles. The van der Waals surface area contributed by atoms with Gasteiger partial charge in [0.05, 0.1) is 0 Å². The molecule has 17 heavy (non-hydrogen) atoms. The fraction of sp³-hybridized carbons (Fsp3) is 0.625. The van der Waals surface area contributed by atoms with Crippen molar-refractivity contribution in [3.63, 3.8) is 0 Å². The molecule has 0 aliphatic carbocycles. The second kappa shape index (κ2) is 9.23. The Hall–Kier alpha value is -0.820. The van der Waals surface area contributed by atoms with Gasteiger partial charge in [-0.3, -0.25) is 0 Å². The summed E-state index contributed by atoms with van der Waals surface area (Å²) >= 11 is 0. The zero-order chi connectivity index (χ0) is 12.3. The molecule has 1 heteroatoms. The van der Waals surface area contributed by atoms with Gasteiger partial charge in [0, 0.05) is 13.7 Å². The average Bonchev–Trinajstić information content (AvgIpc) is 2.39. The largest absolute Gasteiger partial charge is 0.385 e. The van der Waals surface area contributed by atoms with Crippen LogP contribution in [0, 0.1) is 0 Å². The van der Waals surface area contributed by atoms with Crippen LogP contribution in [0.3, 0.4) is 0 Å². The van der Waals surface area contributed by atoms with Gasteiger partial charge in [0.15, 0.2) is 0 Å². The summed E-state index contributed by atoms with van der Waals surface area (Å²) < 4.78 is 5.22. The quantitative estimate of drug-likeness (QED) is 0.559. The Kier molecular flexibility index (Phi) is 7.74. The molecule has 0 aliphatic heterocycles. The van der Waals surface area contributed by atoms with Crippen molar-refractivity contribution in [2.45, 2.75) is 51.4 Å². The second-order valence-electron chi connectivity index (χ2n) is 4.74. The van der Waals surface area contributed by atoms with E-state index in [0.29, 0.717) is 5.92 Å². The Morgan fingerprint density at radius 2 is 1.76 bits per heavy atom. The molecule has 1 atom stereocenters. The lowest BCUT2D eigenvalue weighted by molar-refractivity contribution is 0.186. The fourth-order valence-corrected chi connectivity index (χ4v) is 2.28. The molecule has 0 saturated heterocycles. The molecule has 1 unspecified atom stereocenters. The van der Waals surface area contributed by atoms with Gasteiger partial charge < -0.3 is 4.74 Å². The summed E-state index contributed by atoms with van der Waals surface area (Å²) in [6, 6.07) is 10.9. The van der Waals surface area contributed by atoms with Gasteiger partial charge in [-0.1, -0.05) is 62.9 Å². The van der Waals surface area contributed by atoms with E-state index in [4.69, 9.17) is 4.74 Å². The molecule has 0 spiro atoms. The molecule has 1 aromatic carbocycles. The van der Waals surface area contributed by atoms with Crippen LogP contribution in [0.1, 0.15) is 56.9 Å². The third-order valence-electron chi connectivity index (χ3n) is 3.35. The fourth-order valence-electron chi connectivity index (χ4n) is 2.28. The number of rotatable bonds is 9. The van der Waals surface area contributed by atoms with Crippen molar-refractivity contribution >= 4 is 0 Å². The van der Waals surface area contributed by atoms with Gasteiger partial charge in [-0.05, 0) is 24.3 Å². The minimum atomic E-state index is 0.674. The van der Waals surface area contributed by atoms with E-state index >= 15 is 0 Å². The van der Waals surface area contributed by atoms with Crippen LogP contribution < -0.4 is 0 Å². The van der Waals surface area contributed by atoms with Crippen molar-refractivity contribution in [2.75, 3.05) is 13.7 Å². The molecule has 0 saturated carbocycles. The summed E-state index contributed by atoms with van der Waals surface area (Å²) in [4.78, 5) is 0. The van der Waals surface area contributed by atoms with Crippen LogP contribution in [0.5, 0.6) is 0 Å². The molecule has 0 radical (unpaired) electrons. The van der Waals surface area contributed by atoms with Crippen LogP contribution in [0.4, 0.5) is 0 Å². The standard InChI is InChI=1S/C16H26O/c1-3-4-5-7-12-16(13-14-17-2)15-10-8-6-9-11-15/h6,8-11,16H,3-5,7,12-14H2,1-2H3.